The lowest BCUT2D eigenvalue weighted by Gasteiger charge is -2.33. The maximum Gasteiger partial charge on any atom is 0.408 e. The van der Waals surface area contributed by atoms with Gasteiger partial charge in [-0.05, 0) is 43.0 Å². The molecule has 8 nitrogen and oxygen atoms in total. The third kappa shape index (κ3) is 4.39. The number of halogens is 1. The summed E-state index contributed by atoms with van der Waals surface area (Å²) in [5, 5.41) is 14.4. The Kier molecular flexibility index (Phi) is 5.78. The molecule has 148 valence electrons. The minimum atomic E-state index is -1.10. The van der Waals surface area contributed by atoms with Crippen molar-refractivity contribution < 1.29 is 23.9 Å². The Morgan fingerprint density at radius 1 is 1.25 bits per heavy atom. The Bertz CT molecular complexity index is 917. The van der Waals surface area contributed by atoms with Gasteiger partial charge in [0.05, 0.1) is 5.69 Å². The number of nitrogens with zero attached hydrogens (tertiary/aromatic N) is 1. The molecule has 1 aliphatic heterocycles. The normalized spacial score (nSPS) is 16.5. The number of amides is 4. The van der Waals surface area contributed by atoms with Crippen LogP contribution in [0.3, 0.4) is 0 Å². The van der Waals surface area contributed by atoms with Crippen molar-refractivity contribution in [3.63, 3.8) is 0 Å². The molecule has 1 aliphatic rings. The molecular formula is C18H19FN4O4S. The van der Waals surface area contributed by atoms with Gasteiger partial charge in [-0.1, -0.05) is 12.1 Å². The number of likely N-dealkylation sites (tertiary alicyclic amines) is 1. The quantitative estimate of drug-likeness (QED) is 0.622. The van der Waals surface area contributed by atoms with Crippen molar-refractivity contribution in [2.24, 2.45) is 5.73 Å². The molecule has 0 saturated carbocycles. The topological polar surface area (TPSA) is 125 Å². The number of carboxylic acid groups (broad SMARTS) is 1. The van der Waals surface area contributed by atoms with Gasteiger partial charge in [-0.15, -0.1) is 11.3 Å². The van der Waals surface area contributed by atoms with E-state index in [9.17, 15) is 23.9 Å². The summed E-state index contributed by atoms with van der Waals surface area (Å²) >= 11 is 1.05. The Morgan fingerprint density at radius 2 is 2.04 bits per heavy atom. The number of benzene rings is 1. The Balaban J connectivity index is 1.89. The lowest BCUT2D eigenvalue weighted by Crippen LogP contribution is -2.52. The van der Waals surface area contributed by atoms with Crippen LogP contribution in [-0.4, -0.2) is 40.7 Å². The van der Waals surface area contributed by atoms with Gasteiger partial charge in [-0.3, -0.25) is 9.69 Å². The number of rotatable bonds is 4. The van der Waals surface area contributed by atoms with Crippen molar-refractivity contribution in [1.29, 1.82) is 0 Å². The average molecular weight is 406 g/mol. The van der Waals surface area contributed by atoms with Gasteiger partial charge in [0.25, 0.3) is 5.91 Å². The number of primary amides is 1. The molecule has 28 heavy (non-hydrogen) atoms. The second-order valence-electron chi connectivity index (χ2n) is 6.31. The molecule has 1 aromatic heterocycles. The molecule has 0 bridgehead atoms. The van der Waals surface area contributed by atoms with E-state index in [1.807, 2.05) is 0 Å². The number of hydrogen-bond donors (Lipinski definition) is 4. The van der Waals surface area contributed by atoms with Gasteiger partial charge >= 0.3 is 12.1 Å². The first-order valence-corrected chi connectivity index (χ1v) is 9.43. The molecule has 5 N–H and O–H groups in total. The van der Waals surface area contributed by atoms with Crippen molar-refractivity contribution in [1.82, 2.24) is 10.2 Å². The Labute approximate surface area is 164 Å². The third-order valence-electron chi connectivity index (χ3n) is 4.35. The van der Waals surface area contributed by atoms with Crippen LogP contribution in [0.15, 0.2) is 30.3 Å². The summed E-state index contributed by atoms with van der Waals surface area (Å²) in [5.74, 6) is -0.963. The smallest absolute Gasteiger partial charge is 0.408 e. The molecule has 2 heterocycles. The number of carbonyl (C=O) groups is 3. The molecule has 2 aromatic rings. The molecule has 0 radical (unpaired) electrons. The first-order chi connectivity index (χ1) is 13.3. The van der Waals surface area contributed by atoms with Crippen LogP contribution in [0.4, 0.5) is 19.7 Å². The predicted octanol–water partition coefficient (Wildman–Crippen LogP) is 3.26. The van der Waals surface area contributed by atoms with Crippen LogP contribution < -0.4 is 16.4 Å². The highest BCUT2D eigenvalue weighted by Gasteiger charge is 2.29. The molecule has 1 aromatic carbocycles. The second kappa shape index (κ2) is 8.26. The fraction of sp³-hybridized carbons (Fsp3) is 0.278. The standard InChI is InChI=1S/C18H19FN4O4S/c19-11-5-3-4-10(8-11)13-9-12(21-17(20)25)15(28-13)16(24)22-14-6-1-2-7-23(14)18(26)27/h3-5,8-9,14H,1-2,6-7H2,(H,22,24)(H,26,27)(H3,20,21,25). The van der Waals surface area contributed by atoms with E-state index in [1.54, 1.807) is 6.07 Å². The predicted molar refractivity (Wildman–Crippen MR) is 103 cm³/mol. The Hall–Kier alpha value is -3.14. The molecule has 1 saturated heterocycles. The average Bonchev–Trinajstić information content (AvgIpc) is 3.05. The molecule has 1 atom stereocenters. The van der Waals surface area contributed by atoms with Gasteiger partial charge in [0.2, 0.25) is 0 Å². The number of piperidine rings is 1. The summed E-state index contributed by atoms with van der Waals surface area (Å²) in [4.78, 5) is 37.4. The van der Waals surface area contributed by atoms with Crippen molar-refractivity contribution in [2.75, 3.05) is 11.9 Å². The van der Waals surface area contributed by atoms with E-state index in [-0.39, 0.29) is 10.6 Å². The number of carbonyl (C=O) groups excluding carboxylic acids is 2. The van der Waals surface area contributed by atoms with Crippen LogP contribution in [0, 0.1) is 5.82 Å². The van der Waals surface area contributed by atoms with Crippen LogP contribution in [-0.2, 0) is 0 Å². The monoisotopic (exact) mass is 406 g/mol. The van der Waals surface area contributed by atoms with Crippen molar-refractivity contribution in [3.05, 3.63) is 41.0 Å². The van der Waals surface area contributed by atoms with Crippen LogP contribution in [0.1, 0.15) is 28.9 Å². The van der Waals surface area contributed by atoms with Gasteiger partial charge in [0, 0.05) is 11.4 Å². The van der Waals surface area contributed by atoms with Gasteiger partial charge in [-0.2, -0.15) is 0 Å². The Morgan fingerprint density at radius 3 is 2.71 bits per heavy atom. The maximum atomic E-state index is 13.5. The molecule has 10 heteroatoms. The largest absolute Gasteiger partial charge is 0.465 e. The minimum Gasteiger partial charge on any atom is -0.465 e. The zero-order valence-corrected chi connectivity index (χ0v) is 15.6. The highest BCUT2D eigenvalue weighted by molar-refractivity contribution is 7.18. The number of nitrogens with one attached hydrogen (secondary N) is 2. The van der Waals surface area contributed by atoms with Gasteiger partial charge in [0.1, 0.15) is 16.9 Å². The molecule has 4 amide bonds. The van der Waals surface area contributed by atoms with Crippen LogP contribution in [0.5, 0.6) is 0 Å². The van der Waals surface area contributed by atoms with E-state index >= 15 is 0 Å². The first kappa shape index (κ1) is 19.6. The number of anilines is 1. The molecule has 1 unspecified atom stereocenters. The van der Waals surface area contributed by atoms with Crippen molar-refractivity contribution in [3.8, 4) is 10.4 Å². The summed E-state index contributed by atoms with van der Waals surface area (Å²) in [6.45, 7) is 0.339. The zero-order valence-electron chi connectivity index (χ0n) is 14.8. The van der Waals surface area contributed by atoms with Crippen LogP contribution >= 0.6 is 11.3 Å². The summed E-state index contributed by atoms with van der Waals surface area (Å²) in [6.07, 6.45) is 0.265. The van der Waals surface area contributed by atoms with E-state index in [0.717, 1.165) is 24.2 Å². The summed E-state index contributed by atoms with van der Waals surface area (Å²) in [7, 11) is 0. The number of thiophene rings is 1. The molecule has 0 aliphatic carbocycles. The SMILES string of the molecule is NC(=O)Nc1cc(-c2cccc(F)c2)sc1C(=O)NC1CCCCN1C(=O)O. The minimum absolute atomic E-state index is 0.161. The molecule has 3 rings (SSSR count). The number of urea groups is 1. The van der Waals surface area contributed by atoms with E-state index in [1.165, 1.54) is 29.2 Å². The molecular weight excluding hydrogens is 387 g/mol. The number of hydrogen-bond acceptors (Lipinski definition) is 4. The van der Waals surface area contributed by atoms with Gasteiger partial charge in [0.15, 0.2) is 0 Å². The van der Waals surface area contributed by atoms with E-state index in [0.29, 0.717) is 23.4 Å². The zero-order chi connectivity index (χ0) is 20.3. The first-order valence-electron chi connectivity index (χ1n) is 8.62. The third-order valence-corrected chi connectivity index (χ3v) is 5.53. The molecule has 0 spiro atoms. The lowest BCUT2D eigenvalue weighted by atomic mass is 10.1. The second-order valence-corrected chi connectivity index (χ2v) is 7.37. The van der Waals surface area contributed by atoms with Gasteiger partial charge < -0.3 is 21.5 Å². The van der Waals surface area contributed by atoms with Gasteiger partial charge in [-0.25, -0.2) is 14.0 Å². The summed E-state index contributed by atoms with van der Waals surface area (Å²) in [5.41, 5.74) is 5.92. The number of nitrogens with two attached hydrogens (primary N) is 1. The fourth-order valence-electron chi connectivity index (χ4n) is 3.10. The summed E-state index contributed by atoms with van der Waals surface area (Å²) < 4.78 is 13.5. The van der Waals surface area contributed by atoms with E-state index < -0.39 is 30.0 Å². The fourth-order valence-corrected chi connectivity index (χ4v) is 4.11. The van der Waals surface area contributed by atoms with Crippen LogP contribution in [0.2, 0.25) is 0 Å². The van der Waals surface area contributed by atoms with Crippen molar-refractivity contribution >= 4 is 35.1 Å². The van der Waals surface area contributed by atoms with Crippen molar-refractivity contribution in [2.45, 2.75) is 25.4 Å². The highest BCUT2D eigenvalue weighted by atomic mass is 32.1. The molecule has 1 fully saturated rings. The highest BCUT2D eigenvalue weighted by Crippen LogP contribution is 2.35. The maximum absolute atomic E-state index is 13.5. The van der Waals surface area contributed by atoms with E-state index in [2.05, 4.69) is 10.6 Å². The van der Waals surface area contributed by atoms with Crippen LogP contribution in [0.25, 0.3) is 10.4 Å². The summed E-state index contributed by atoms with van der Waals surface area (Å²) in [6, 6.07) is 6.53. The lowest BCUT2D eigenvalue weighted by molar-refractivity contribution is 0.0750. The van der Waals surface area contributed by atoms with E-state index in [4.69, 9.17) is 5.73 Å².